The second kappa shape index (κ2) is 21.3. The van der Waals surface area contributed by atoms with Crippen LogP contribution in [0.5, 0.6) is 0 Å². The molecular weight excluding hydrogens is 368 g/mol. The SMILES string of the molecule is CC(S)CC(=O)O.CC(S)CC(=O)O.OCCSSCCO. The lowest BCUT2D eigenvalue weighted by molar-refractivity contribution is -0.137. The summed E-state index contributed by atoms with van der Waals surface area (Å²) < 4.78 is 0. The number of hydrogen-bond acceptors (Lipinski definition) is 8. The average molecular weight is 395 g/mol. The first-order valence-electron chi connectivity index (χ1n) is 6.43. The van der Waals surface area contributed by atoms with Crippen LogP contribution in [0.25, 0.3) is 0 Å². The fourth-order valence-electron chi connectivity index (χ4n) is 0.698. The minimum atomic E-state index is -0.789. The number of rotatable bonds is 9. The molecule has 2 atom stereocenters. The van der Waals surface area contributed by atoms with Crippen molar-refractivity contribution in [3.8, 4) is 0 Å². The highest BCUT2D eigenvalue weighted by Crippen LogP contribution is 2.18. The predicted molar refractivity (Wildman–Crippen MR) is 100 cm³/mol. The van der Waals surface area contributed by atoms with Crippen molar-refractivity contribution in [3.63, 3.8) is 0 Å². The van der Waals surface area contributed by atoms with Crippen LogP contribution in [0.4, 0.5) is 0 Å². The molecule has 0 aromatic carbocycles. The molecule has 0 saturated carbocycles. The summed E-state index contributed by atoms with van der Waals surface area (Å²) in [7, 11) is 3.17. The Kier molecular flexibility index (Phi) is 26.2. The molecule has 0 spiro atoms. The lowest BCUT2D eigenvalue weighted by Gasteiger charge is -1.93. The van der Waals surface area contributed by atoms with Crippen LogP contribution in [0.2, 0.25) is 0 Å². The third kappa shape index (κ3) is 42.7. The number of aliphatic carboxylic acids is 2. The van der Waals surface area contributed by atoms with Gasteiger partial charge in [0.1, 0.15) is 0 Å². The molecule has 0 aliphatic carbocycles. The number of thiol groups is 2. The summed E-state index contributed by atoms with van der Waals surface area (Å²) in [4.78, 5) is 19.5. The molecule has 0 heterocycles. The summed E-state index contributed by atoms with van der Waals surface area (Å²) in [6.07, 6.45) is 0.284. The number of carboxylic acids is 2. The van der Waals surface area contributed by atoms with Crippen LogP contribution >= 0.6 is 46.8 Å². The monoisotopic (exact) mass is 394 g/mol. The van der Waals surface area contributed by atoms with Crippen molar-refractivity contribution in [2.24, 2.45) is 0 Å². The van der Waals surface area contributed by atoms with Gasteiger partial charge in [-0.2, -0.15) is 25.3 Å². The predicted octanol–water partition coefficient (Wildman–Crippen LogP) is 1.91. The summed E-state index contributed by atoms with van der Waals surface area (Å²) in [6, 6.07) is 0. The number of aliphatic hydroxyl groups excluding tert-OH is 2. The molecule has 0 bridgehead atoms. The summed E-state index contributed by atoms with van der Waals surface area (Å²) in [5.41, 5.74) is 0. The number of aliphatic hydroxyl groups is 2. The zero-order valence-electron chi connectivity index (χ0n) is 12.7. The first-order valence-corrected chi connectivity index (χ1v) is 9.95. The summed E-state index contributed by atoms with van der Waals surface area (Å²) >= 11 is 7.71. The van der Waals surface area contributed by atoms with E-state index >= 15 is 0 Å². The van der Waals surface area contributed by atoms with Crippen molar-refractivity contribution in [2.75, 3.05) is 24.7 Å². The second-order valence-corrected chi connectivity index (χ2v) is 8.45. The van der Waals surface area contributed by atoms with Crippen LogP contribution in [0, 0.1) is 0 Å². The van der Waals surface area contributed by atoms with E-state index in [9.17, 15) is 9.59 Å². The van der Waals surface area contributed by atoms with Gasteiger partial charge in [0, 0.05) is 22.0 Å². The van der Waals surface area contributed by atoms with E-state index in [1.807, 2.05) is 0 Å². The average Bonchev–Trinajstić information content (AvgIpc) is 2.33. The van der Waals surface area contributed by atoms with Crippen molar-refractivity contribution in [3.05, 3.63) is 0 Å². The summed E-state index contributed by atoms with van der Waals surface area (Å²) in [6.45, 7) is 3.95. The van der Waals surface area contributed by atoms with Crippen molar-refractivity contribution < 1.29 is 30.0 Å². The van der Waals surface area contributed by atoms with Crippen LogP contribution in [0.15, 0.2) is 0 Å². The van der Waals surface area contributed by atoms with Gasteiger partial charge in [-0.15, -0.1) is 0 Å². The van der Waals surface area contributed by atoms with Gasteiger partial charge in [0.2, 0.25) is 0 Å². The lowest BCUT2D eigenvalue weighted by atomic mass is 10.3. The van der Waals surface area contributed by atoms with Gasteiger partial charge >= 0.3 is 11.9 Å². The summed E-state index contributed by atoms with van der Waals surface area (Å²) in [5.74, 6) is -0.0694. The molecule has 134 valence electrons. The van der Waals surface area contributed by atoms with E-state index in [4.69, 9.17) is 20.4 Å². The van der Waals surface area contributed by atoms with E-state index in [0.29, 0.717) is 0 Å². The molecule has 4 N–H and O–H groups in total. The van der Waals surface area contributed by atoms with E-state index in [0.717, 1.165) is 11.5 Å². The first-order chi connectivity index (χ1) is 10.2. The Labute approximate surface area is 150 Å². The largest absolute Gasteiger partial charge is 0.481 e. The fraction of sp³-hybridized carbons (Fsp3) is 0.833. The van der Waals surface area contributed by atoms with Crippen LogP contribution < -0.4 is 0 Å². The van der Waals surface area contributed by atoms with E-state index in [-0.39, 0.29) is 36.6 Å². The normalized spacial score (nSPS) is 12.1. The smallest absolute Gasteiger partial charge is 0.304 e. The van der Waals surface area contributed by atoms with Crippen molar-refractivity contribution in [1.29, 1.82) is 0 Å². The van der Waals surface area contributed by atoms with Gasteiger partial charge in [-0.05, 0) is 0 Å². The molecule has 0 fully saturated rings. The number of hydrogen-bond donors (Lipinski definition) is 6. The maximum atomic E-state index is 9.76. The molecule has 0 radical (unpaired) electrons. The maximum absolute atomic E-state index is 9.76. The highest BCUT2D eigenvalue weighted by molar-refractivity contribution is 8.76. The highest BCUT2D eigenvalue weighted by atomic mass is 33.1. The Morgan fingerprint density at radius 2 is 1.14 bits per heavy atom. The van der Waals surface area contributed by atoms with Crippen LogP contribution in [0.1, 0.15) is 26.7 Å². The topological polar surface area (TPSA) is 115 Å². The zero-order valence-corrected chi connectivity index (χ0v) is 16.1. The third-order valence-corrected chi connectivity index (χ3v) is 4.10. The Morgan fingerprint density at radius 3 is 1.23 bits per heavy atom. The molecule has 0 aromatic heterocycles. The number of carbonyl (C=O) groups is 2. The Balaban J connectivity index is -0.000000247. The molecular formula is C12H26O6S4. The molecule has 6 nitrogen and oxygen atoms in total. The quantitative estimate of drug-likeness (QED) is 0.200. The molecule has 0 rings (SSSR count). The first kappa shape index (κ1) is 27.1. The zero-order chi connectivity index (χ0) is 18.0. The third-order valence-electron chi connectivity index (χ3n) is 1.37. The molecule has 0 saturated heterocycles. The Morgan fingerprint density at radius 1 is 0.864 bits per heavy atom. The molecule has 2 unspecified atom stereocenters. The van der Waals surface area contributed by atoms with Crippen LogP contribution in [-0.2, 0) is 9.59 Å². The van der Waals surface area contributed by atoms with Gasteiger partial charge in [-0.1, -0.05) is 35.4 Å². The van der Waals surface area contributed by atoms with Gasteiger partial charge in [0.05, 0.1) is 26.1 Å². The Bertz CT molecular complexity index is 238. The minimum Gasteiger partial charge on any atom is -0.481 e. The van der Waals surface area contributed by atoms with Gasteiger partial charge in [0.25, 0.3) is 0 Å². The molecule has 0 aliphatic rings. The van der Waals surface area contributed by atoms with Gasteiger partial charge in [0.15, 0.2) is 0 Å². The van der Waals surface area contributed by atoms with E-state index in [2.05, 4.69) is 25.3 Å². The summed E-state index contributed by atoms with van der Waals surface area (Å²) in [5, 5.41) is 32.5. The Hall–Kier alpha value is 0.260. The van der Waals surface area contributed by atoms with Crippen LogP contribution in [0.3, 0.4) is 0 Å². The van der Waals surface area contributed by atoms with Crippen molar-refractivity contribution >= 4 is 58.8 Å². The van der Waals surface area contributed by atoms with Crippen molar-refractivity contribution in [1.82, 2.24) is 0 Å². The molecule has 10 heteroatoms. The van der Waals surface area contributed by atoms with Gasteiger partial charge < -0.3 is 20.4 Å². The van der Waals surface area contributed by atoms with E-state index in [1.165, 1.54) is 0 Å². The second-order valence-electron chi connectivity index (χ2n) is 3.98. The van der Waals surface area contributed by atoms with Crippen LogP contribution in [-0.4, -0.2) is 67.6 Å². The lowest BCUT2D eigenvalue weighted by Crippen LogP contribution is -2.01. The maximum Gasteiger partial charge on any atom is 0.304 e. The standard InChI is InChI=1S/C4H10O2S2.2C4H8O2S/c5-1-3-7-8-4-2-6;2*1-3(7)2-4(5)6/h5-6H,1-4H2;2*3,7H,2H2,1H3,(H,5,6). The van der Waals surface area contributed by atoms with E-state index < -0.39 is 11.9 Å². The molecule has 0 aliphatic heterocycles. The molecule has 0 amide bonds. The van der Waals surface area contributed by atoms with Crippen molar-refractivity contribution in [2.45, 2.75) is 37.2 Å². The van der Waals surface area contributed by atoms with Gasteiger partial charge in [-0.3, -0.25) is 9.59 Å². The highest BCUT2D eigenvalue weighted by Gasteiger charge is 1.99. The molecule has 0 aromatic rings. The number of carboxylic acid groups (broad SMARTS) is 2. The van der Waals surface area contributed by atoms with E-state index in [1.54, 1.807) is 35.4 Å². The fourth-order valence-corrected chi connectivity index (χ4v) is 2.55. The van der Waals surface area contributed by atoms with Gasteiger partial charge in [-0.25, -0.2) is 0 Å². The minimum absolute atomic E-state index is 0.0301. The molecule has 22 heavy (non-hydrogen) atoms.